The van der Waals surface area contributed by atoms with Gasteiger partial charge in [-0.15, -0.1) is 11.3 Å². The summed E-state index contributed by atoms with van der Waals surface area (Å²) in [4.78, 5) is 31.6. The summed E-state index contributed by atoms with van der Waals surface area (Å²) in [6, 6.07) is 14.3. The quantitative estimate of drug-likeness (QED) is 0.339. The van der Waals surface area contributed by atoms with Crippen molar-refractivity contribution in [2.45, 2.75) is 32.0 Å². The summed E-state index contributed by atoms with van der Waals surface area (Å²) in [6.07, 6.45) is 1.65. The van der Waals surface area contributed by atoms with Crippen molar-refractivity contribution in [3.8, 4) is 11.5 Å². The van der Waals surface area contributed by atoms with Crippen LogP contribution in [0.5, 0.6) is 11.5 Å². The third kappa shape index (κ3) is 6.57. The molecule has 7 nitrogen and oxygen atoms in total. The number of carbonyl (C=O) groups excluding carboxylic acids is 2. The summed E-state index contributed by atoms with van der Waals surface area (Å²) in [5, 5.41) is 2.71. The summed E-state index contributed by atoms with van der Waals surface area (Å²) in [5.41, 5.74) is 1.25. The molecule has 10 heteroatoms. The molecule has 0 saturated carbocycles. The first-order chi connectivity index (χ1) is 17.9. The number of carbonyl (C=O) groups is 2. The third-order valence-corrected chi connectivity index (χ3v) is 7.56. The summed E-state index contributed by atoms with van der Waals surface area (Å²) in [6.45, 7) is 1.83. The molecule has 1 aromatic heterocycles. The van der Waals surface area contributed by atoms with E-state index in [1.165, 1.54) is 0 Å². The molecule has 1 fully saturated rings. The van der Waals surface area contributed by atoms with Crippen molar-refractivity contribution >= 4 is 46.4 Å². The second kappa shape index (κ2) is 11.7. The summed E-state index contributed by atoms with van der Waals surface area (Å²) in [5.74, 6) is 0.861. The smallest absolute Gasteiger partial charge is 0.254 e. The van der Waals surface area contributed by atoms with Crippen LogP contribution in [0.25, 0.3) is 0 Å². The van der Waals surface area contributed by atoms with E-state index in [0.717, 1.165) is 23.3 Å². The van der Waals surface area contributed by atoms with Gasteiger partial charge in [0.15, 0.2) is 11.5 Å². The van der Waals surface area contributed by atoms with Crippen LogP contribution in [0, 0.1) is 0 Å². The molecule has 194 valence electrons. The molecular formula is C27H26Cl2N2O5S. The van der Waals surface area contributed by atoms with Crippen molar-refractivity contribution in [2.24, 2.45) is 0 Å². The number of amides is 2. The molecule has 2 aromatic carbocycles. The van der Waals surface area contributed by atoms with Crippen LogP contribution in [0.4, 0.5) is 0 Å². The second-order valence-electron chi connectivity index (χ2n) is 9.00. The fourth-order valence-corrected chi connectivity index (χ4v) is 5.70. The molecule has 0 bridgehead atoms. The Morgan fingerprint density at radius 2 is 1.78 bits per heavy atom. The number of hydrogen-bond donors (Lipinski definition) is 0. The third-order valence-electron chi connectivity index (χ3n) is 6.26. The second-order valence-corrected chi connectivity index (χ2v) is 10.9. The molecule has 5 rings (SSSR count). The Hall–Kier alpha value is -2.78. The van der Waals surface area contributed by atoms with Gasteiger partial charge < -0.3 is 24.0 Å². The van der Waals surface area contributed by atoms with Gasteiger partial charge in [0, 0.05) is 40.2 Å². The van der Waals surface area contributed by atoms with Crippen LogP contribution < -0.4 is 9.47 Å². The minimum absolute atomic E-state index is 0.0985. The lowest BCUT2D eigenvalue weighted by Crippen LogP contribution is -2.45. The number of fused-ring (bicyclic) bond motifs is 1. The number of ether oxygens (including phenoxy) is 3. The predicted octanol–water partition coefficient (Wildman–Crippen LogP) is 5.63. The van der Waals surface area contributed by atoms with Gasteiger partial charge in [-0.1, -0.05) is 35.3 Å². The Morgan fingerprint density at radius 3 is 2.51 bits per heavy atom. The SMILES string of the molecule is O=C(CN(CC1CCCO1)C(=O)c1cc(Cl)cc(Cl)c1)N(Cc1ccc2c(c1)OCO2)Cc1cccs1. The van der Waals surface area contributed by atoms with Crippen molar-refractivity contribution in [2.75, 3.05) is 26.5 Å². The Bertz CT molecular complexity index is 1240. The highest BCUT2D eigenvalue weighted by Crippen LogP contribution is 2.33. The zero-order chi connectivity index (χ0) is 25.8. The highest BCUT2D eigenvalue weighted by atomic mass is 35.5. The van der Waals surface area contributed by atoms with Gasteiger partial charge in [-0.25, -0.2) is 0 Å². The molecule has 0 aliphatic carbocycles. The van der Waals surface area contributed by atoms with E-state index in [2.05, 4.69) is 0 Å². The molecule has 2 amide bonds. The first-order valence-corrected chi connectivity index (χ1v) is 13.6. The number of benzene rings is 2. The average Bonchev–Trinajstić information content (AvgIpc) is 3.65. The van der Waals surface area contributed by atoms with E-state index in [9.17, 15) is 9.59 Å². The Kier molecular flexibility index (Phi) is 8.20. The average molecular weight is 561 g/mol. The molecule has 0 spiro atoms. The Morgan fingerprint density at radius 1 is 0.973 bits per heavy atom. The van der Waals surface area contributed by atoms with Crippen LogP contribution in [0.2, 0.25) is 10.0 Å². The standard InChI is InChI=1S/C27H26Cl2N2O5S/c28-20-10-19(11-21(29)12-20)27(33)31(14-22-3-1-7-34-22)16-26(32)30(15-23-4-2-8-37-23)13-18-5-6-24-25(9-18)36-17-35-24/h2,4-6,8-12,22H,1,3,7,13-17H2. The fourth-order valence-electron chi connectivity index (χ4n) is 4.46. The topological polar surface area (TPSA) is 68.3 Å². The monoisotopic (exact) mass is 560 g/mol. The van der Waals surface area contributed by atoms with Gasteiger partial charge in [0.05, 0.1) is 12.6 Å². The molecule has 2 aliphatic heterocycles. The van der Waals surface area contributed by atoms with Crippen molar-refractivity contribution in [3.05, 3.63) is 80.0 Å². The number of halogens is 2. The molecular weight excluding hydrogens is 535 g/mol. The number of hydrogen-bond acceptors (Lipinski definition) is 6. The zero-order valence-electron chi connectivity index (χ0n) is 20.0. The van der Waals surface area contributed by atoms with Crippen LogP contribution in [-0.2, 0) is 22.6 Å². The first kappa shape index (κ1) is 25.9. The van der Waals surface area contributed by atoms with Gasteiger partial charge in [0.25, 0.3) is 5.91 Å². The Labute approximate surface area is 229 Å². The van der Waals surface area contributed by atoms with E-state index in [0.29, 0.717) is 53.3 Å². The van der Waals surface area contributed by atoms with Crippen molar-refractivity contribution in [3.63, 3.8) is 0 Å². The van der Waals surface area contributed by atoms with Crippen molar-refractivity contribution in [1.29, 1.82) is 0 Å². The van der Waals surface area contributed by atoms with Gasteiger partial charge in [-0.05, 0) is 60.2 Å². The van der Waals surface area contributed by atoms with E-state index >= 15 is 0 Å². The maximum absolute atomic E-state index is 13.7. The summed E-state index contributed by atoms with van der Waals surface area (Å²) in [7, 11) is 0. The van der Waals surface area contributed by atoms with Crippen LogP contribution >= 0.6 is 34.5 Å². The predicted molar refractivity (Wildman–Crippen MR) is 142 cm³/mol. The Balaban J connectivity index is 1.38. The summed E-state index contributed by atoms with van der Waals surface area (Å²) >= 11 is 13.9. The lowest BCUT2D eigenvalue weighted by atomic mass is 10.1. The fraction of sp³-hybridized carbons (Fsp3) is 0.333. The van der Waals surface area contributed by atoms with Gasteiger partial charge in [0.2, 0.25) is 12.7 Å². The molecule has 37 heavy (non-hydrogen) atoms. The number of rotatable bonds is 9. The zero-order valence-corrected chi connectivity index (χ0v) is 22.4. The van der Waals surface area contributed by atoms with Gasteiger partial charge in [-0.3, -0.25) is 9.59 Å². The van der Waals surface area contributed by atoms with E-state index in [1.807, 2.05) is 35.7 Å². The largest absolute Gasteiger partial charge is 0.454 e. The molecule has 2 aliphatic rings. The first-order valence-electron chi connectivity index (χ1n) is 12.0. The lowest BCUT2D eigenvalue weighted by Gasteiger charge is -2.29. The highest BCUT2D eigenvalue weighted by Gasteiger charge is 2.28. The van der Waals surface area contributed by atoms with E-state index in [1.54, 1.807) is 39.3 Å². The number of nitrogens with zero attached hydrogens (tertiary/aromatic N) is 2. The normalized spacial score (nSPS) is 16.1. The minimum atomic E-state index is -0.313. The molecule has 1 atom stereocenters. The van der Waals surface area contributed by atoms with E-state index in [-0.39, 0.29) is 31.3 Å². The molecule has 3 aromatic rings. The maximum atomic E-state index is 13.7. The van der Waals surface area contributed by atoms with Crippen molar-refractivity contribution in [1.82, 2.24) is 9.80 Å². The van der Waals surface area contributed by atoms with Crippen LogP contribution in [0.15, 0.2) is 53.9 Å². The van der Waals surface area contributed by atoms with Gasteiger partial charge in [-0.2, -0.15) is 0 Å². The highest BCUT2D eigenvalue weighted by molar-refractivity contribution is 7.09. The number of thiophene rings is 1. The van der Waals surface area contributed by atoms with Crippen LogP contribution in [-0.4, -0.2) is 54.2 Å². The summed E-state index contributed by atoms with van der Waals surface area (Å²) < 4.78 is 16.7. The van der Waals surface area contributed by atoms with Crippen LogP contribution in [0.1, 0.15) is 33.6 Å². The molecule has 1 unspecified atom stereocenters. The van der Waals surface area contributed by atoms with Crippen LogP contribution in [0.3, 0.4) is 0 Å². The van der Waals surface area contributed by atoms with Gasteiger partial charge >= 0.3 is 0 Å². The lowest BCUT2D eigenvalue weighted by molar-refractivity contribution is -0.133. The molecule has 3 heterocycles. The molecule has 0 N–H and O–H groups in total. The van der Waals surface area contributed by atoms with E-state index < -0.39 is 0 Å². The molecule has 0 radical (unpaired) electrons. The van der Waals surface area contributed by atoms with E-state index in [4.69, 9.17) is 37.4 Å². The van der Waals surface area contributed by atoms with Crippen molar-refractivity contribution < 1.29 is 23.8 Å². The maximum Gasteiger partial charge on any atom is 0.254 e. The minimum Gasteiger partial charge on any atom is -0.454 e. The molecule has 1 saturated heterocycles. The van der Waals surface area contributed by atoms with Gasteiger partial charge in [0.1, 0.15) is 6.54 Å².